The van der Waals surface area contributed by atoms with Gasteiger partial charge in [0, 0.05) is 0 Å². The Bertz CT molecular complexity index is 1660. The van der Waals surface area contributed by atoms with E-state index in [0.29, 0.717) is 33.7 Å². The molecule has 0 amide bonds. The molecule has 0 heterocycles. The van der Waals surface area contributed by atoms with Gasteiger partial charge in [-0.05, 0) is 82.2 Å². The largest absolute Gasteiger partial charge is 0.423 e. The molecule has 0 fully saturated rings. The fourth-order valence-electron chi connectivity index (χ4n) is 3.77. The van der Waals surface area contributed by atoms with Crippen molar-refractivity contribution < 1.29 is 45.4 Å². The Labute approximate surface area is 209 Å². The molecule has 0 spiro atoms. The standard InChI is InChI=1S/C28H12F6O4/c29-21-7-5-19(23(31)25(21)33)27(35)37-17-3-1-13-9-14-2-4-18(12-16(14)10-15(13)11-17)38-28(36)20-6-8-22(30)26(34)24(20)32/h1-12H. The summed E-state index contributed by atoms with van der Waals surface area (Å²) in [6.45, 7) is 0. The van der Waals surface area contributed by atoms with E-state index >= 15 is 0 Å². The molecule has 38 heavy (non-hydrogen) atoms. The van der Waals surface area contributed by atoms with Crippen molar-refractivity contribution in [1.29, 1.82) is 0 Å². The molecule has 5 aromatic carbocycles. The van der Waals surface area contributed by atoms with Crippen LogP contribution < -0.4 is 9.47 Å². The van der Waals surface area contributed by atoms with Crippen molar-refractivity contribution in [3.63, 3.8) is 0 Å². The van der Waals surface area contributed by atoms with E-state index in [1.54, 1.807) is 24.3 Å². The second kappa shape index (κ2) is 9.55. The summed E-state index contributed by atoms with van der Waals surface area (Å²) < 4.78 is 91.3. The zero-order chi connectivity index (χ0) is 27.1. The van der Waals surface area contributed by atoms with Gasteiger partial charge >= 0.3 is 11.9 Å². The highest BCUT2D eigenvalue weighted by Gasteiger charge is 2.22. The first kappa shape index (κ1) is 24.8. The van der Waals surface area contributed by atoms with Crippen molar-refractivity contribution in [2.24, 2.45) is 0 Å². The van der Waals surface area contributed by atoms with Crippen LogP contribution in [0.1, 0.15) is 20.7 Å². The average molecular weight is 526 g/mol. The number of hydrogen-bond donors (Lipinski definition) is 0. The molecule has 4 nitrogen and oxygen atoms in total. The average Bonchev–Trinajstić information content (AvgIpc) is 2.89. The second-order valence-electron chi connectivity index (χ2n) is 8.09. The van der Waals surface area contributed by atoms with Crippen LogP contribution in [0.5, 0.6) is 11.5 Å². The van der Waals surface area contributed by atoms with Crippen LogP contribution in [-0.4, -0.2) is 11.9 Å². The maximum absolute atomic E-state index is 13.9. The topological polar surface area (TPSA) is 52.6 Å². The lowest BCUT2D eigenvalue weighted by Crippen LogP contribution is -2.12. The van der Waals surface area contributed by atoms with Crippen molar-refractivity contribution in [3.05, 3.63) is 119 Å². The zero-order valence-corrected chi connectivity index (χ0v) is 18.8. The predicted octanol–water partition coefficient (Wildman–Crippen LogP) is 7.27. The maximum Gasteiger partial charge on any atom is 0.346 e. The van der Waals surface area contributed by atoms with Gasteiger partial charge in [0.1, 0.15) is 11.5 Å². The fourth-order valence-corrected chi connectivity index (χ4v) is 3.77. The summed E-state index contributed by atoms with van der Waals surface area (Å²) in [5.41, 5.74) is -1.57. The molecule has 5 rings (SSSR count). The van der Waals surface area contributed by atoms with Gasteiger partial charge < -0.3 is 9.47 Å². The monoisotopic (exact) mass is 526 g/mol. The van der Waals surface area contributed by atoms with E-state index < -0.39 is 58.0 Å². The number of fused-ring (bicyclic) bond motifs is 2. The summed E-state index contributed by atoms with van der Waals surface area (Å²) in [5, 5.41) is 2.52. The van der Waals surface area contributed by atoms with Crippen molar-refractivity contribution in [2.45, 2.75) is 0 Å². The van der Waals surface area contributed by atoms with E-state index in [-0.39, 0.29) is 11.5 Å². The highest BCUT2D eigenvalue weighted by Crippen LogP contribution is 2.30. The minimum atomic E-state index is -1.80. The lowest BCUT2D eigenvalue weighted by atomic mass is 10.0. The number of hydrogen-bond acceptors (Lipinski definition) is 4. The molecule has 0 aliphatic rings. The molecule has 0 atom stereocenters. The number of benzene rings is 5. The molecule has 5 aromatic rings. The van der Waals surface area contributed by atoms with E-state index in [0.717, 1.165) is 12.1 Å². The summed E-state index contributed by atoms with van der Waals surface area (Å²) in [7, 11) is 0. The zero-order valence-electron chi connectivity index (χ0n) is 18.8. The summed E-state index contributed by atoms with van der Waals surface area (Å²) in [5.74, 6) is -12.3. The minimum Gasteiger partial charge on any atom is -0.423 e. The van der Waals surface area contributed by atoms with Crippen LogP contribution in [0.25, 0.3) is 21.5 Å². The number of halogens is 6. The first-order valence-corrected chi connectivity index (χ1v) is 10.8. The molecule has 0 aromatic heterocycles. The van der Waals surface area contributed by atoms with Crippen LogP contribution in [0.4, 0.5) is 26.3 Å². The molecule has 0 N–H and O–H groups in total. The van der Waals surface area contributed by atoms with Crippen molar-refractivity contribution >= 4 is 33.5 Å². The van der Waals surface area contributed by atoms with E-state index in [1.807, 2.05) is 0 Å². The van der Waals surface area contributed by atoms with Gasteiger partial charge in [-0.1, -0.05) is 12.1 Å². The quantitative estimate of drug-likeness (QED) is 0.0813. The van der Waals surface area contributed by atoms with Crippen LogP contribution in [0.3, 0.4) is 0 Å². The van der Waals surface area contributed by atoms with Gasteiger partial charge in [0.2, 0.25) is 0 Å². The molecule has 190 valence electrons. The van der Waals surface area contributed by atoms with Crippen LogP contribution >= 0.6 is 0 Å². The van der Waals surface area contributed by atoms with Crippen LogP contribution in [0, 0.1) is 34.9 Å². The summed E-state index contributed by atoms with van der Waals surface area (Å²) in [6, 6.07) is 15.1. The summed E-state index contributed by atoms with van der Waals surface area (Å²) in [6.07, 6.45) is 0. The Morgan fingerprint density at radius 3 is 1.26 bits per heavy atom. The number of esters is 2. The predicted molar refractivity (Wildman–Crippen MR) is 124 cm³/mol. The highest BCUT2D eigenvalue weighted by atomic mass is 19.2. The molecule has 0 bridgehead atoms. The Balaban J connectivity index is 1.42. The Kier molecular flexibility index (Phi) is 6.23. The molecule has 0 aliphatic carbocycles. The Hall–Kier alpha value is -4.86. The molecule has 0 aliphatic heterocycles. The van der Waals surface area contributed by atoms with Gasteiger partial charge in [0.05, 0.1) is 11.1 Å². The minimum absolute atomic E-state index is 0.0117. The molecule has 0 saturated carbocycles. The van der Waals surface area contributed by atoms with E-state index in [9.17, 15) is 35.9 Å². The summed E-state index contributed by atoms with van der Waals surface area (Å²) in [4.78, 5) is 24.6. The van der Waals surface area contributed by atoms with Gasteiger partial charge in [-0.2, -0.15) is 0 Å². The third-order valence-electron chi connectivity index (χ3n) is 5.67. The Morgan fingerprint density at radius 1 is 0.447 bits per heavy atom. The first-order valence-electron chi connectivity index (χ1n) is 10.8. The number of rotatable bonds is 4. The van der Waals surface area contributed by atoms with Crippen molar-refractivity contribution in [2.75, 3.05) is 0 Å². The third-order valence-corrected chi connectivity index (χ3v) is 5.67. The molecule has 10 heteroatoms. The smallest absolute Gasteiger partial charge is 0.346 e. The lowest BCUT2D eigenvalue weighted by Gasteiger charge is -2.10. The van der Waals surface area contributed by atoms with Gasteiger partial charge in [-0.3, -0.25) is 0 Å². The number of carbonyl (C=O) groups excluding carboxylic acids is 2. The number of carbonyl (C=O) groups is 2. The normalized spacial score (nSPS) is 11.1. The molecule has 0 saturated heterocycles. The summed E-state index contributed by atoms with van der Waals surface area (Å²) >= 11 is 0. The van der Waals surface area contributed by atoms with E-state index in [2.05, 4.69) is 0 Å². The lowest BCUT2D eigenvalue weighted by molar-refractivity contribution is 0.0718. The van der Waals surface area contributed by atoms with Gasteiger partial charge in [0.25, 0.3) is 0 Å². The SMILES string of the molecule is O=C(Oc1ccc2cc3ccc(OC(=O)c4ccc(F)c(F)c4F)cc3cc2c1)c1ccc(F)c(F)c1F. The highest BCUT2D eigenvalue weighted by molar-refractivity contribution is 6.00. The van der Waals surface area contributed by atoms with E-state index in [4.69, 9.17) is 9.47 Å². The molecule has 0 unspecified atom stereocenters. The van der Waals surface area contributed by atoms with Crippen molar-refractivity contribution in [3.8, 4) is 11.5 Å². The van der Waals surface area contributed by atoms with Crippen LogP contribution in [0.15, 0.2) is 72.8 Å². The molecular formula is C28H12F6O4. The molecular weight excluding hydrogens is 514 g/mol. The van der Waals surface area contributed by atoms with E-state index in [1.165, 1.54) is 24.3 Å². The Morgan fingerprint density at radius 2 is 0.842 bits per heavy atom. The van der Waals surface area contributed by atoms with Crippen LogP contribution in [-0.2, 0) is 0 Å². The van der Waals surface area contributed by atoms with Crippen LogP contribution in [0.2, 0.25) is 0 Å². The first-order chi connectivity index (χ1) is 18.1. The number of ether oxygens (including phenoxy) is 2. The van der Waals surface area contributed by atoms with Gasteiger partial charge in [-0.25, -0.2) is 35.9 Å². The fraction of sp³-hybridized carbons (Fsp3) is 0. The maximum atomic E-state index is 13.9. The molecule has 0 radical (unpaired) electrons. The van der Waals surface area contributed by atoms with Gasteiger partial charge in [-0.15, -0.1) is 0 Å². The van der Waals surface area contributed by atoms with Crippen molar-refractivity contribution in [1.82, 2.24) is 0 Å². The third kappa shape index (κ3) is 4.52. The second-order valence-corrected chi connectivity index (χ2v) is 8.09. The van der Waals surface area contributed by atoms with Gasteiger partial charge in [0.15, 0.2) is 34.9 Å².